The Morgan fingerprint density at radius 2 is 1.49 bits per heavy atom. The Morgan fingerprint density at radius 3 is 2.14 bits per heavy atom. The third kappa shape index (κ3) is 7.39. The van der Waals surface area contributed by atoms with Crippen LogP contribution in [0.15, 0.2) is 24.3 Å². The van der Waals surface area contributed by atoms with E-state index in [0.717, 1.165) is 76.8 Å². The number of rotatable bonds is 9. The summed E-state index contributed by atoms with van der Waals surface area (Å²) in [6.45, 7) is 7.67. The molecule has 2 N–H and O–H groups in total. The van der Waals surface area contributed by atoms with Crippen molar-refractivity contribution >= 4 is 23.2 Å². The minimum atomic E-state index is -0.128. The van der Waals surface area contributed by atoms with E-state index in [-0.39, 0.29) is 30.4 Å². The van der Waals surface area contributed by atoms with E-state index >= 15 is 0 Å². The first kappa shape index (κ1) is 25.9. The minimum absolute atomic E-state index is 0.0339. The molecule has 1 aliphatic carbocycles. The molecule has 3 fully saturated rings. The van der Waals surface area contributed by atoms with Crippen LogP contribution in [-0.2, 0) is 19.1 Å². The van der Waals surface area contributed by atoms with Crippen LogP contribution in [0.4, 0.5) is 11.4 Å². The Kier molecular flexibility index (Phi) is 9.37. The lowest BCUT2D eigenvalue weighted by molar-refractivity contribution is -0.124. The highest BCUT2D eigenvalue weighted by Gasteiger charge is 2.38. The van der Waals surface area contributed by atoms with Gasteiger partial charge in [-0.2, -0.15) is 0 Å². The molecule has 0 aromatic heterocycles. The van der Waals surface area contributed by atoms with Gasteiger partial charge < -0.3 is 25.0 Å². The van der Waals surface area contributed by atoms with Gasteiger partial charge in [0.05, 0.1) is 39.5 Å². The van der Waals surface area contributed by atoms with E-state index in [1.54, 1.807) is 11.9 Å². The van der Waals surface area contributed by atoms with Crippen LogP contribution in [0, 0.1) is 0 Å². The van der Waals surface area contributed by atoms with Gasteiger partial charge in [0.25, 0.3) is 0 Å². The zero-order valence-corrected chi connectivity index (χ0v) is 21.1. The molecular formula is C26H41N5O4. The van der Waals surface area contributed by atoms with Gasteiger partial charge in [0.2, 0.25) is 11.8 Å². The maximum absolute atomic E-state index is 12.7. The van der Waals surface area contributed by atoms with Gasteiger partial charge in [-0.3, -0.25) is 19.4 Å². The highest BCUT2D eigenvalue weighted by Crippen LogP contribution is 2.33. The zero-order chi connectivity index (χ0) is 24.5. The van der Waals surface area contributed by atoms with Gasteiger partial charge >= 0.3 is 0 Å². The molecule has 0 radical (unpaired) electrons. The highest BCUT2D eigenvalue weighted by molar-refractivity contribution is 5.92. The van der Waals surface area contributed by atoms with Crippen LogP contribution in [-0.4, -0.2) is 106 Å². The van der Waals surface area contributed by atoms with Crippen LogP contribution in [0.2, 0.25) is 0 Å². The molecule has 0 bridgehead atoms. The number of hydrogen-bond donors (Lipinski definition) is 2. The van der Waals surface area contributed by atoms with Crippen LogP contribution in [0.5, 0.6) is 0 Å². The summed E-state index contributed by atoms with van der Waals surface area (Å²) in [5.41, 5.74) is 1.93. The Balaban J connectivity index is 1.20. The average Bonchev–Trinajstić information content (AvgIpc) is 2.89. The van der Waals surface area contributed by atoms with Gasteiger partial charge in [0, 0.05) is 49.6 Å². The summed E-state index contributed by atoms with van der Waals surface area (Å²) in [6.07, 6.45) is 5.93. The Bertz CT molecular complexity index is 816. The predicted octanol–water partition coefficient (Wildman–Crippen LogP) is 1.54. The second-order valence-electron chi connectivity index (χ2n) is 10.0. The number of nitrogens with one attached hydrogen (secondary N) is 2. The zero-order valence-electron chi connectivity index (χ0n) is 21.1. The highest BCUT2D eigenvalue weighted by atomic mass is 16.5. The number of ether oxygens (including phenoxy) is 2. The van der Waals surface area contributed by atoms with Crippen molar-refractivity contribution in [1.82, 2.24) is 15.1 Å². The van der Waals surface area contributed by atoms with Crippen LogP contribution in [0.1, 0.15) is 32.1 Å². The first-order valence-corrected chi connectivity index (χ1v) is 13.0. The molecule has 1 saturated carbocycles. The number of amides is 2. The number of hydrogen-bond acceptors (Lipinski definition) is 7. The van der Waals surface area contributed by atoms with Crippen molar-refractivity contribution in [2.24, 2.45) is 0 Å². The fourth-order valence-electron chi connectivity index (χ4n) is 5.50. The number of morpholine rings is 2. The Morgan fingerprint density at radius 1 is 0.886 bits per heavy atom. The lowest BCUT2D eigenvalue weighted by Crippen LogP contribution is -2.60. The predicted molar refractivity (Wildman–Crippen MR) is 137 cm³/mol. The first-order chi connectivity index (χ1) is 17.0. The number of anilines is 2. The summed E-state index contributed by atoms with van der Waals surface area (Å²) in [5.74, 6) is -0.162. The molecule has 4 rings (SSSR count). The van der Waals surface area contributed by atoms with Gasteiger partial charge in [-0.15, -0.1) is 0 Å². The van der Waals surface area contributed by atoms with Gasteiger partial charge in [-0.25, -0.2) is 0 Å². The monoisotopic (exact) mass is 487 g/mol. The van der Waals surface area contributed by atoms with Crippen molar-refractivity contribution in [3.8, 4) is 0 Å². The molecule has 2 heterocycles. The summed E-state index contributed by atoms with van der Waals surface area (Å²) in [6, 6.07) is 7.89. The fraction of sp³-hybridized carbons (Fsp3) is 0.692. The van der Waals surface area contributed by atoms with Crippen molar-refractivity contribution in [3.63, 3.8) is 0 Å². The average molecular weight is 488 g/mol. The molecule has 0 spiro atoms. The molecule has 2 saturated heterocycles. The molecule has 3 aliphatic rings. The largest absolute Gasteiger partial charge is 0.379 e. The first-order valence-electron chi connectivity index (χ1n) is 13.0. The van der Waals surface area contributed by atoms with Crippen LogP contribution < -0.4 is 15.5 Å². The van der Waals surface area contributed by atoms with Crippen molar-refractivity contribution < 1.29 is 19.1 Å². The number of benzene rings is 1. The molecule has 35 heavy (non-hydrogen) atoms. The summed E-state index contributed by atoms with van der Waals surface area (Å²) >= 11 is 0. The van der Waals surface area contributed by atoms with Gasteiger partial charge in [-0.05, 0) is 44.2 Å². The summed E-state index contributed by atoms with van der Waals surface area (Å²) in [7, 11) is 1.80. The third-order valence-corrected chi connectivity index (χ3v) is 7.44. The normalized spacial score (nSPS) is 21.0. The molecule has 0 unspecified atom stereocenters. The third-order valence-electron chi connectivity index (χ3n) is 7.44. The van der Waals surface area contributed by atoms with Crippen molar-refractivity contribution in [2.75, 3.05) is 89.5 Å². The maximum atomic E-state index is 12.7. The van der Waals surface area contributed by atoms with Crippen molar-refractivity contribution in [2.45, 2.75) is 37.6 Å². The van der Waals surface area contributed by atoms with Crippen molar-refractivity contribution in [3.05, 3.63) is 24.3 Å². The molecule has 1 aromatic rings. The number of carbonyl (C=O) groups excluding carboxylic acids is 2. The number of carbonyl (C=O) groups is 2. The lowest BCUT2D eigenvalue weighted by Gasteiger charge is -2.48. The van der Waals surface area contributed by atoms with Gasteiger partial charge in [0.1, 0.15) is 0 Å². The molecular weight excluding hydrogens is 446 g/mol. The van der Waals surface area contributed by atoms with E-state index in [0.29, 0.717) is 6.54 Å². The molecule has 1 aromatic carbocycles. The van der Waals surface area contributed by atoms with E-state index in [2.05, 4.69) is 20.4 Å². The maximum Gasteiger partial charge on any atom is 0.238 e. The summed E-state index contributed by atoms with van der Waals surface area (Å²) in [5, 5.41) is 6.11. The van der Waals surface area contributed by atoms with E-state index < -0.39 is 0 Å². The number of likely N-dealkylation sites (N-methyl/N-ethyl adjacent to an activating group) is 1. The molecule has 2 aliphatic heterocycles. The van der Waals surface area contributed by atoms with Crippen LogP contribution in [0.3, 0.4) is 0 Å². The Hall–Kier alpha value is -2.20. The van der Waals surface area contributed by atoms with Gasteiger partial charge in [0.15, 0.2) is 0 Å². The molecule has 9 nitrogen and oxygen atoms in total. The second kappa shape index (κ2) is 12.7. The minimum Gasteiger partial charge on any atom is -0.379 e. The fourth-order valence-corrected chi connectivity index (χ4v) is 5.50. The summed E-state index contributed by atoms with van der Waals surface area (Å²) in [4.78, 5) is 31.8. The molecule has 0 atom stereocenters. The van der Waals surface area contributed by atoms with Crippen molar-refractivity contribution in [1.29, 1.82) is 0 Å². The van der Waals surface area contributed by atoms with Crippen LogP contribution >= 0.6 is 0 Å². The molecule has 194 valence electrons. The van der Waals surface area contributed by atoms with Crippen LogP contribution in [0.25, 0.3) is 0 Å². The van der Waals surface area contributed by atoms with E-state index in [4.69, 9.17) is 9.47 Å². The standard InChI is InChI=1S/C26H41N5O4/c1-29(20-25(33)28-22-5-7-23(8-6-22)30-11-15-34-16-12-30)19-24(32)27-21-26(9-3-2-4-10-26)31-13-17-35-18-14-31/h5-8H,2-4,9-21H2,1H3,(H,27,32)(H,28,33). The number of nitrogens with zero attached hydrogens (tertiary/aromatic N) is 3. The molecule has 9 heteroatoms. The SMILES string of the molecule is CN(CC(=O)NCC1(N2CCOCC2)CCCCC1)CC(=O)Nc1ccc(N2CCOCC2)cc1. The lowest BCUT2D eigenvalue weighted by atomic mass is 9.79. The van der Waals surface area contributed by atoms with E-state index in [1.807, 2.05) is 24.3 Å². The summed E-state index contributed by atoms with van der Waals surface area (Å²) < 4.78 is 10.9. The second-order valence-corrected chi connectivity index (χ2v) is 10.0. The van der Waals surface area contributed by atoms with E-state index in [9.17, 15) is 9.59 Å². The smallest absolute Gasteiger partial charge is 0.238 e. The van der Waals surface area contributed by atoms with E-state index in [1.165, 1.54) is 19.3 Å². The quantitative estimate of drug-likeness (QED) is 0.547. The Labute approximate surface area is 209 Å². The van der Waals surface area contributed by atoms with Gasteiger partial charge in [-0.1, -0.05) is 19.3 Å². The molecule has 2 amide bonds. The topological polar surface area (TPSA) is 86.4 Å².